The maximum Gasteiger partial charge on any atom is 0.0706 e. The lowest BCUT2D eigenvalue weighted by molar-refractivity contribution is 0.0888. The molecule has 29 heavy (non-hydrogen) atoms. The molecule has 1 saturated carbocycles. The lowest BCUT2D eigenvalue weighted by Crippen LogP contribution is -2.44. The molecule has 2 N–H and O–H groups in total. The Hall–Kier alpha value is -1.36. The first-order chi connectivity index (χ1) is 14.1. The van der Waals surface area contributed by atoms with E-state index < -0.39 is 0 Å². The number of nitrogens with one attached hydrogen (secondary N) is 1. The van der Waals surface area contributed by atoms with Crippen molar-refractivity contribution in [3.8, 4) is 0 Å². The number of aliphatic hydroxyl groups is 1. The number of aromatic nitrogens is 1. The number of benzene rings is 1. The fourth-order valence-electron chi connectivity index (χ4n) is 5.98. The molecule has 2 fully saturated rings. The molecule has 1 aromatic carbocycles. The standard InChI is InChI=1S/C25H39N3O/c1-18(2)19-8-10-20(11-9-19)27-14-12-21(13-15-27)28-24-7-5-4-6-22(24)23(17-29)25(28)16-26-3/h4-7,18-21,26,29H,8-17H2,1-3H3. The van der Waals surface area contributed by atoms with E-state index in [0.717, 1.165) is 30.0 Å². The monoisotopic (exact) mass is 397 g/mol. The zero-order valence-electron chi connectivity index (χ0n) is 18.5. The van der Waals surface area contributed by atoms with Gasteiger partial charge in [-0.3, -0.25) is 0 Å². The van der Waals surface area contributed by atoms with E-state index >= 15 is 0 Å². The largest absolute Gasteiger partial charge is 0.392 e. The number of nitrogens with zero attached hydrogens (tertiary/aromatic N) is 2. The Morgan fingerprint density at radius 2 is 1.69 bits per heavy atom. The van der Waals surface area contributed by atoms with E-state index in [2.05, 4.69) is 52.9 Å². The molecule has 1 aromatic heterocycles. The number of rotatable bonds is 6. The fourth-order valence-corrected chi connectivity index (χ4v) is 5.98. The van der Waals surface area contributed by atoms with Crippen molar-refractivity contribution in [3.63, 3.8) is 0 Å². The van der Waals surface area contributed by atoms with Gasteiger partial charge in [-0.25, -0.2) is 0 Å². The number of para-hydroxylation sites is 1. The third-order valence-electron chi connectivity index (χ3n) is 7.69. The summed E-state index contributed by atoms with van der Waals surface area (Å²) in [6.07, 6.45) is 8.03. The summed E-state index contributed by atoms with van der Waals surface area (Å²) in [5, 5.41) is 14.6. The molecule has 0 bridgehead atoms. The molecule has 2 aromatic rings. The van der Waals surface area contributed by atoms with E-state index in [1.54, 1.807) is 0 Å². The van der Waals surface area contributed by atoms with Gasteiger partial charge in [-0.2, -0.15) is 0 Å². The first-order valence-electron chi connectivity index (χ1n) is 11.7. The van der Waals surface area contributed by atoms with Gasteiger partial charge in [-0.05, 0) is 63.5 Å². The Morgan fingerprint density at radius 3 is 2.31 bits per heavy atom. The Labute approximate surface area is 176 Å². The van der Waals surface area contributed by atoms with Crippen molar-refractivity contribution in [1.29, 1.82) is 0 Å². The van der Waals surface area contributed by atoms with Gasteiger partial charge in [0.15, 0.2) is 0 Å². The van der Waals surface area contributed by atoms with Crippen LogP contribution in [0.1, 0.15) is 69.7 Å². The van der Waals surface area contributed by atoms with Crippen LogP contribution in [0.4, 0.5) is 0 Å². The summed E-state index contributed by atoms with van der Waals surface area (Å²) in [5.74, 6) is 1.78. The highest BCUT2D eigenvalue weighted by molar-refractivity contribution is 5.85. The third-order valence-corrected chi connectivity index (χ3v) is 7.69. The van der Waals surface area contributed by atoms with E-state index in [1.807, 2.05) is 7.05 Å². The predicted octanol–water partition coefficient (Wildman–Crippen LogP) is 4.70. The van der Waals surface area contributed by atoms with Crippen molar-refractivity contribution in [2.75, 3.05) is 20.1 Å². The van der Waals surface area contributed by atoms with Crippen molar-refractivity contribution in [1.82, 2.24) is 14.8 Å². The molecule has 0 radical (unpaired) electrons. The Morgan fingerprint density at radius 1 is 1.00 bits per heavy atom. The van der Waals surface area contributed by atoms with Gasteiger partial charge in [0, 0.05) is 53.9 Å². The Kier molecular flexibility index (Phi) is 6.63. The van der Waals surface area contributed by atoms with Crippen LogP contribution in [0.25, 0.3) is 10.9 Å². The fraction of sp³-hybridized carbons (Fsp3) is 0.680. The number of fused-ring (bicyclic) bond motifs is 1. The second-order valence-corrected chi connectivity index (χ2v) is 9.58. The zero-order chi connectivity index (χ0) is 20.4. The van der Waals surface area contributed by atoms with Crippen molar-refractivity contribution in [3.05, 3.63) is 35.5 Å². The molecule has 1 aliphatic heterocycles. The molecule has 0 atom stereocenters. The van der Waals surface area contributed by atoms with Gasteiger partial charge in [-0.15, -0.1) is 0 Å². The number of hydrogen-bond acceptors (Lipinski definition) is 3. The number of aliphatic hydroxyl groups excluding tert-OH is 1. The average molecular weight is 398 g/mol. The topological polar surface area (TPSA) is 40.4 Å². The highest BCUT2D eigenvalue weighted by Crippen LogP contribution is 2.37. The summed E-state index contributed by atoms with van der Waals surface area (Å²) in [5.41, 5.74) is 3.66. The van der Waals surface area contributed by atoms with Crippen LogP contribution in [-0.4, -0.2) is 40.8 Å². The Bertz CT molecular complexity index is 796. The molecule has 4 rings (SSSR count). The summed E-state index contributed by atoms with van der Waals surface area (Å²) < 4.78 is 2.55. The van der Waals surface area contributed by atoms with Gasteiger partial charge in [0.2, 0.25) is 0 Å². The predicted molar refractivity (Wildman–Crippen MR) is 121 cm³/mol. The summed E-state index contributed by atoms with van der Waals surface area (Å²) in [6, 6.07) is 9.95. The number of piperidine rings is 1. The third kappa shape index (κ3) is 4.12. The van der Waals surface area contributed by atoms with E-state index in [-0.39, 0.29) is 6.61 Å². The van der Waals surface area contributed by atoms with E-state index in [4.69, 9.17) is 0 Å². The average Bonchev–Trinajstić information content (AvgIpc) is 3.07. The molecule has 0 unspecified atom stereocenters. The molecular weight excluding hydrogens is 358 g/mol. The van der Waals surface area contributed by atoms with Crippen LogP contribution in [0, 0.1) is 11.8 Å². The molecule has 1 saturated heterocycles. The van der Waals surface area contributed by atoms with Crippen LogP contribution in [0.5, 0.6) is 0 Å². The van der Waals surface area contributed by atoms with E-state index in [1.165, 1.54) is 68.2 Å². The van der Waals surface area contributed by atoms with Crippen molar-refractivity contribution in [2.45, 2.75) is 77.6 Å². The van der Waals surface area contributed by atoms with Gasteiger partial charge >= 0.3 is 0 Å². The van der Waals surface area contributed by atoms with Crippen LogP contribution < -0.4 is 5.32 Å². The molecule has 1 aliphatic carbocycles. The van der Waals surface area contributed by atoms with Crippen molar-refractivity contribution < 1.29 is 5.11 Å². The van der Waals surface area contributed by atoms with Crippen molar-refractivity contribution in [2.24, 2.45) is 11.8 Å². The highest BCUT2D eigenvalue weighted by Gasteiger charge is 2.31. The number of likely N-dealkylation sites (tertiary alicyclic amines) is 1. The van der Waals surface area contributed by atoms with Gasteiger partial charge < -0.3 is 19.9 Å². The maximum atomic E-state index is 10.1. The van der Waals surface area contributed by atoms with Gasteiger partial charge in [-0.1, -0.05) is 32.0 Å². The van der Waals surface area contributed by atoms with Crippen LogP contribution in [-0.2, 0) is 13.2 Å². The lowest BCUT2D eigenvalue weighted by Gasteiger charge is -2.42. The minimum Gasteiger partial charge on any atom is -0.392 e. The van der Waals surface area contributed by atoms with Crippen molar-refractivity contribution >= 4 is 10.9 Å². The summed E-state index contributed by atoms with van der Waals surface area (Å²) in [4.78, 5) is 2.78. The van der Waals surface area contributed by atoms with Crippen LogP contribution >= 0.6 is 0 Å². The lowest BCUT2D eigenvalue weighted by atomic mass is 9.79. The van der Waals surface area contributed by atoms with Gasteiger partial charge in [0.05, 0.1) is 6.61 Å². The highest BCUT2D eigenvalue weighted by atomic mass is 16.3. The molecule has 4 heteroatoms. The minimum atomic E-state index is 0.114. The first kappa shape index (κ1) is 20.9. The summed E-state index contributed by atoms with van der Waals surface area (Å²) in [7, 11) is 2.00. The molecule has 0 amide bonds. The summed E-state index contributed by atoms with van der Waals surface area (Å²) >= 11 is 0. The minimum absolute atomic E-state index is 0.114. The van der Waals surface area contributed by atoms with E-state index in [0.29, 0.717) is 6.04 Å². The molecular formula is C25H39N3O. The number of hydrogen-bond donors (Lipinski definition) is 2. The normalized spacial score (nSPS) is 24.6. The molecule has 4 nitrogen and oxygen atoms in total. The smallest absolute Gasteiger partial charge is 0.0706 e. The molecule has 160 valence electrons. The SMILES string of the molecule is CNCc1c(CO)c2ccccc2n1C1CCN(C2CCC(C(C)C)CC2)CC1. The molecule has 0 spiro atoms. The second kappa shape index (κ2) is 9.20. The molecule has 2 heterocycles. The van der Waals surface area contributed by atoms with Crippen LogP contribution in [0.3, 0.4) is 0 Å². The van der Waals surface area contributed by atoms with Crippen LogP contribution in [0.15, 0.2) is 24.3 Å². The van der Waals surface area contributed by atoms with Gasteiger partial charge in [0.1, 0.15) is 0 Å². The van der Waals surface area contributed by atoms with Crippen LogP contribution in [0.2, 0.25) is 0 Å². The second-order valence-electron chi connectivity index (χ2n) is 9.58. The molecule has 2 aliphatic rings. The first-order valence-corrected chi connectivity index (χ1v) is 11.7. The quantitative estimate of drug-likeness (QED) is 0.742. The zero-order valence-corrected chi connectivity index (χ0v) is 18.5. The van der Waals surface area contributed by atoms with Gasteiger partial charge in [0.25, 0.3) is 0 Å². The maximum absolute atomic E-state index is 10.1. The summed E-state index contributed by atoms with van der Waals surface area (Å²) in [6.45, 7) is 8.12. The van der Waals surface area contributed by atoms with E-state index in [9.17, 15) is 5.11 Å². The Balaban J connectivity index is 1.49.